The molecule has 0 saturated heterocycles. The highest BCUT2D eigenvalue weighted by Gasteiger charge is 2.08. The molecule has 0 radical (unpaired) electrons. The predicted octanol–water partition coefficient (Wildman–Crippen LogP) is 3.93. The van der Waals surface area contributed by atoms with Gasteiger partial charge in [-0.3, -0.25) is 4.79 Å². The van der Waals surface area contributed by atoms with Gasteiger partial charge in [0.1, 0.15) is 5.15 Å². The van der Waals surface area contributed by atoms with Gasteiger partial charge in [-0.2, -0.15) is 0 Å². The van der Waals surface area contributed by atoms with E-state index in [1.54, 1.807) is 5.38 Å². The Labute approximate surface area is 120 Å². The van der Waals surface area contributed by atoms with Crippen molar-refractivity contribution in [3.63, 3.8) is 0 Å². The monoisotopic (exact) mass is 295 g/mol. The number of amides is 1. The summed E-state index contributed by atoms with van der Waals surface area (Å²) in [4.78, 5) is 15.2. The Hall–Kier alpha value is -1.59. The molecule has 1 atom stereocenters. The minimum Gasteiger partial charge on any atom is -0.355 e. The predicted molar refractivity (Wildman–Crippen MR) is 79.9 cm³/mol. The lowest BCUT2D eigenvalue weighted by Gasteiger charge is -2.14. The number of hydrogen-bond donors (Lipinski definition) is 2. The lowest BCUT2D eigenvalue weighted by molar-refractivity contribution is -0.114. The van der Waals surface area contributed by atoms with Gasteiger partial charge in [0.25, 0.3) is 0 Å². The van der Waals surface area contributed by atoms with Crippen molar-refractivity contribution in [2.75, 3.05) is 10.6 Å². The Morgan fingerprint density at radius 3 is 2.89 bits per heavy atom. The molecule has 100 valence electrons. The van der Waals surface area contributed by atoms with Crippen LogP contribution >= 0.6 is 22.9 Å². The number of thiazole rings is 1. The summed E-state index contributed by atoms with van der Waals surface area (Å²) in [6.45, 7) is 3.52. The van der Waals surface area contributed by atoms with Crippen LogP contribution in [-0.2, 0) is 4.79 Å². The first-order valence-corrected chi connectivity index (χ1v) is 7.05. The average molecular weight is 296 g/mol. The van der Waals surface area contributed by atoms with Gasteiger partial charge in [-0.05, 0) is 24.6 Å². The van der Waals surface area contributed by atoms with Crippen molar-refractivity contribution in [1.29, 1.82) is 0 Å². The molecule has 0 aliphatic heterocycles. The molecule has 19 heavy (non-hydrogen) atoms. The summed E-state index contributed by atoms with van der Waals surface area (Å²) < 4.78 is 0. The van der Waals surface area contributed by atoms with Crippen molar-refractivity contribution in [2.24, 2.45) is 0 Å². The smallest absolute Gasteiger partial charge is 0.221 e. The first-order chi connectivity index (χ1) is 9.04. The lowest BCUT2D eigenvalue weighted by Crippen LogP contribution is -2.09. The lowest BCUT2D eigenvalue weighted by atomic mass is 10.1. The normalized spacial score (nSPS) is 11.9. The third kappa shape index (κ3) is 3.94. The summed E-state index contributed by atoms with van der Waals surface area (Å²) in [6, 6.07) is 7.79. The van der Waals surface area contributed by atoms with Crippen molar-refractivity contribution >= 4 is 39.7 Å². The van der Waals surface area contributed by atoms with Crippen molar-refractivity contribution < 1.29 is 4.79 Å². The summed E-state index contributed by atoms with van der Waals surface area (Å²) >= 11 is 7.25. The van der Waals surface area contributed by atoms with Gasteiger partial charge in [0.15, 0.2) is 5.13 Å². The van der Waals surface area contributed by atoms with Gasteiger partial charge in [-0.25, -0.2) is 4.98 Å². The summed E-state index contributed by atoms with van der Waals surface area (Å²) in [5.74, 6) is -0.0792. The fraction of sp³-hybridized carbons (Fsp3) is 0.231. The van der Waals surface area contributed by atoms with Gasteiger partial charge >= 0.3 is 0 Å². The maximum Gasteiger partial charge on any atom is 0.221 e. The molecule has 1 amide bonds. The van der Waals surface area contributed by atoms with E-state index in [9.17, 15) is 4.79 Å². The second-order valence-corrected chi connectivity index (χ2v) is 5.39. The molecule has 0 aliphatic carbocycles. The van der Waals surface area contributed by atoms with Crippen LogP contribution in [0.1, 0.15) is 25.5 Å². The average Bonchev–Trinajstić information content (AvgIpc) is 2.74. The van der Waals surface area contributed by atoms with Crippen LogP contribution in [0.15, 0.2) is 29.6 Å². The number of halogens is 1. The van der Waals surface area contributed by atoms with Crippen molar-refractivity contribution in [2.45, 2.75) is 19.9 Å². The fourth-order valence-corrected chi connectivity index (χ4v) is 2.60. The van der Waals surface area contributed by atoms with Crippen LogP contribution in [0.2, 0.25) is 5.15 Å². The van der Waals surface area contributed by atoms with E-state index in [0.717, 1.165) is 16.4 Å². The largest absolute Gasteiger partial charge is 0.355 e. The van der Waals surface area contributed by atoms with Gasteiger partial charge in [-0.15, -0.1) is 11.3 Å². The molecule has 0 fully saturated rings. The number of anilines is 2. The Balaban J connectivity index is 2.10. The third-order valence-electron chi connectivity index (χ3n) is 2.52. The molecule has 0 saturated carbocycles. The molecule has 1 aromatic carbocycles. The summed E-state index contributed by atoms with van der Waals surface area (Å²) in [5.41, 5.74) is 1.85. The van der Waals surface area contributed by atoms with E-state index in [4.69, 9.17) is 11.6 Å². The molecule has 0 bridgehead atoms. The number of nitrogens with one attached hydrogen (secondary N) is 2. The number of carbonyl (C=O) groups is 1. The Kier molecular flexibility index (Phi) is 4.39. The van der Waals surface area contributed by atoms with Crippen LogP contribution < -0.4 is 10.6 Å². The zero-order chi connectivity index (χ0) is 13.8. The molecule has 0 aliphatic rings. The van der Waals surface area contributed by atoms with E-state index in [1.807, 2.05) is 31.2 Å². The molecular weight excluding hydrogens is 282 g/mol. The number of carbonyl (C=O) groups excluding carboxylic acids is 1. The molecule has 6 heteroatoms. The molecule has 2 aromatic rings. The quantitative estimate of drug-likeness (QED) is 0.898. The number of aromatic nitrogens is 1. The van der Waals surface area contributed by atoms with Gasteiger partial charge in [0.2, 0.25) is 5.91 Å². The summed E-state index contributed by atoms with van der Waals surface area (Å²) in [5, 5.41) is 9.09. The second-order valence-electron chi connectivity index (χ2n) is 4.15. The van der Waals surface area contributed by atoms with Crippen LogP contribution in [-0.4, -0.2) is 10.9 Å². The maximum atomic E-state index is 11.0. The molecule has 1 aromatic heterocycles. The minimum atomic E-state index is -0.0792. The summed E-state index contributed by atoms with van der Waals surface area (Å²) in [6.07, 6.45) is 0. The van der Waals surface area contributed by atoms with Crippen LogP contribution in [0.25, 0.3) is 0 Å². The van der Waals surface area contributed by atoms with Gasteiger partial charge < -0.3 is 10.6 Å². The Bertz CT molecular complexity index is 585. The van der Waals surface area contributed by atoms with E-state index in [0.29, 0.717) is 5.15 Å². The highest BCUT2D eigenvalue weighted by atomic mass is 35.5. The zero-order valence-corrected chi connectivity index (χ0v) is 12.2. The molecule has 4 nitrogen and oxygen atoms in total. The maximum absolute atomic E-state index is 11.0. The summed E-state index contributed by atoms with van der Waals surface area (Å²) in [7, 11) is 0. The van der Waals surface area contributed by atoms with Crippen LogP contribution in [0.5, 0.6) is 0 Å². The highest BCUT2D eigenvalue weighted by Crippen LogP contribution is 2.25. The second kappa shape index (κ2) is 6.04. The van der Waals surface area contributed by atoms with Crippen molar-refractivity contribution in [3.8, 4) is 0 Å². The first kappa shape index (κ1) is 13.8. The number of hydrogen-bond acceptors (Lipinski definition) is 4. The molecule has 0 spiro atoms. The molecular formula is C13H14ClN3OS. The minimum absolute atomic E-state index is 0.0792. The standard InChI is InChI=1S/C13H14ClN3OS/c1-8(15-13-17-12(14)7-19-13)10-4-3-5-11(6-10)16-9(2)18/h3-8H,1-2H3,(H,15,17)(H,16,18). The van der Waals surface area contributed by atoms with Crippen LogP contribution in [0, 0.1) is 0 Å². The van der Waals surface area contributed by atoms with E-state index in [1.165, 1.54) is 18.3 Å². The highest BCUT2D eigenvalue weighted by molar-refractivity contribution is 7.14. The van der Waals surface area contributed by atoms with Gasteiger partial charge in [-0.1, -0.05) is 23.7 Å². The first-order valence-electron chi connectivity index (χ1n) is 5.79. The number of benzene rings is 1. The van der Waals surface area contributed by atoms with E-state index in [2.05, 4.69) is 15.6 Å². The Morgan fingerprint density at radius 2 is 2.26 bits per heavy atom. The molecule has 2 N–H and O–H groups in total. The van der Waals surface area contributed by atoms with Crippen LogP contribution in [0.4, 0.5) is 10.8 Å². The van der Waals surface area contributed by atoms with E-state index in [-0.39, 0.29) is 11.9 Å². The van der Waals surface area contributed by atoms with E-state index >= 15 is 0 Å². The SMILES string of the molecule is CC(=O)Nc1cccc(C(C)Nc2nc(Cl)cs2)c1. The van der Waals surface area contributed by atoms with Crippen molar-refractivity contribution in [1.82, 2.24) is 4.98 Å². The molecule has 2 rings (SSSR count). The van der Waals surface area contributed by atoms with Crippen LogP contribution in [0.3, 0.4) is 0 Å². The Morgan fingerprint density at radius 1 is 1.47 bits per heavy atom. The zero-order valence-electron chi connectivity index (χ0n) is 10.6. The molecule has 1 heterocycles. The van der Waals surface area contributed by atoms with Gasteiger partial charge in [0.05, 0.1) is 6.04 Å². The van der Waals surface area contributed by atoms with Crippen molar-refractivity contribution in [3.05, 3.63) is 40.4 Å². The van der Waals surface area contributed by atoms with Gasteiger partial charge in [0, 0.05) is 18.0 Å². The van der Waals surface area contributed by atoms with E-state index < -0.39 is 0 Å². The third-order valence-corrected chi connectivity index (χ3v) is 3.62. The number of rotatable bonds is 4. The molecule has 1 unspecified atom stereocenters. The number of nitrogens with zero attached hydrogens (tertiary/aromatic N) is 1. The fourth-order valence-electron chi connectivity index (χ4n) is 1.68. The topological polar surface area (TPSA) is 54.0 Å².